The standard InChI is InChI=1S/C20H20O8/c1-10(21)27-9-13-15-16(22)12-7-6-11(23-2)8-14(12)28-18(15)20(26-5)19(25-4)17(13)24-3/h6-8H,9H2,1-5H3. The molecule has 0 unspecified atom stereocenters. The van der Waals surface area contributed by atoms with Gasteiger partial charge in [-0.2, -0.15) is 0 Å². The molecule has 0 saturated heterocycles. The van der Waals surface area contributed by atoms with E-state index in [1.807, 2.05) is 0 Å². The average Bonchev–Trinajstić information content (AvgIpc) is 2.70. The van der Waals surface area contributed by atoms with Crippen LogP contribution in [-0.2, 0) is 16.1 Å². The lowest BCUT2D eigenvalue weighted by atomic mass is 10.0. The number of ether oxygens (including phenoxy) is 5. The molecule has 1 heterocycles. The summed E-state index contributed by atoms with van der Waals surface area (Å²) in [5.74, 6) is 0.690. The van der Waals surface area contributed by atoms with E-state index in [1.165, 1.54) is 35.4 Å². The predicted molar refractivity (Wildman–Crippen MR) is 102 cm³/mol. The molecular formula is C20H20O8. The average molecular weight is 388 g/mol. The summed E-state index contributed by atoms with van der Waals surface area (Å²) in [6, 6.07) is 4.88. The maximum Gasteiger partial charge on any atom is 0.302 e. The van der Waals surface area contributed by atoms with Crippen LogP contribution in [0.3, 0.4) is 0 Å². The molecule has 8 nitrogen and oxygen atoms in total. The van der Waals surface area contributed by atoms with Crippen molar-refractivity contribution in [3.8, 4) is 23.0 Å². The van der Waals surface area contributed by atoms with Crippen molar-refractivity contribution in [3.05, 3.63) is 34.0 Å². The van der Waals surface area contributed by atoms with Crippen LogP contribution in [0.1, 0.15) is 12.5 Å². The van der Waals surface area contributed by atoms with Gasteiger partial charge in [-0.1, -0.05) is 0 Å². The second-order valence-electron chi connectivity index (χ2n) is 5.86. The van der Waals surface area contributed by atoms with Crippen LogP contribution in [0.15, 0.2) is 27.4 Å². The number of rotatable bonds is 6. The zero-order valence-corrected chi connectivity index (χ0v) is 16.2. The largest absolute Gasteiger partial charge is 0.497 e. The highest BCUT2D eigenvalue weighted by Gasteiger charge is 2.27. The van der Waals surface area contributed by atoms with Gasteiger partial charge in [0.15, 0.2) is 11.3 Å². The molecule has 0 aliphatic rings. The summed E-state index contributed by atoms with van der Waals surface area (Å²) >= 11 is 0. The molecule has 0 saturated carbocycles. The fourth-order valence-electron chi connectivity index (χ4n) is 3.09. The number of carbonyl (C=O) groups excluding carboxylic acids is 1. The Kier molecular flexibility index (Phi) is 5.30. The molecule has 3 rings (SSSR count). The first-order chi connectivity index (χ1) is 13.5. The number of hydrogen-bond donors (Lipinski definition) is 0. The number of benzene rings is 2. The molecule has 0 aliphatic heterocycles. The van der Waals surface area contributed by atoms with Crippen molar-refractivity contribution in [1.29, 1.82) is 0 Å². The van der Waals surface area contributed by atoms with E-state index in [4.69, 9.17) is 28.1 Å². The Morgan fingerprint density at radius 2 is 1.64 bits per heavy atom. The molecule has 2 aromatic carbocycles. The van der Waals surface area contributed by atoms with Gasteiger partial charge in [0.1, 0.15) is 17.9 Å². The van der Waals surface area contributed by atoms with Gasteiger partial charge in [-0.05, 0) is 12.1 Å². The van der Waals surface area contributed by atoms with Gasteiger partial charge in [-0.15, -0.1) is 0 Å². The lowest BCUT2D eigenvalue weighted by Gasteiger charge is -2.18. The number of esters is 1. The topological polar surface area (TPSA) is 93.4 Å². The number of hydrogen-bond acceptors (Lipinski definition) is 8. The molecule has 1 aromatic heterocycles. The summed E-state index contributed by atoms with van der Waals surface area (Å²) in [5.41, 5.74) is 0.492. The van der Waals surface area contributed by atoms with Crippen LogP contribution >= 0.6 is 0 Å². The molecule has 0 bridgehead atoms. The summed E-state index contributed by atoms with van der Waals surface area (Å²) in [5, 5.41) is 0.528. The molecule has 3 aromatic rings. The molecule has 0 radical (unpaired) electrons. The normalized spacial score (nSPS) is 10.8. The van der Waals surface area contributed by atoms with Gasteiger partial charge in [0.05, 0.1) is 44.8 Å². The Bertz CT molecular complexity index is 1110. The highest BCUT2D eigenvalue weighted by atomic mass is 16.5. The fraction of sp³-hybridized carbons (Fsp3) is 0.300. The van der Waals surface area contributed by atoms with Gasteiger partial charge in [0.2, 0.25) is 16.9 Å². The van der Waals surface area contributed by atoms with E-state index >= 15 is 0 Å². The zero-order chi connectivity index (χ0) is 20.4. The van der Waals surface area contributed by atoms with E-state index in [2.05, 4.69) is 0 Å². The SMILES string of the molecule is COc1ccc2c(=O)c3c(COC(C)=O)c(OC)c(OC)c(OC)c3oc2c1. The minimum Gasteiger partial charge on any atom is -0.497 e. The van der Waals surface area contributed by atoms with Crippen LogP contribution in [0, 0.1) is 0 Å². The lowest BCUT2D eigenvalue weighted by Crippen LogP contribution is -2.11. The van der Waals surface area contributed by atoms with E-state index in [1.54, 1.807) is 18.2 Å². The van der Waals surface area contributed by atoms with E-state index in [9.17, 15) is 9.59 Å². The van der Waals surface area contributed by atoms with Crippen molar-refractivity contribution in [2.75, 3.05) is 28.4 Å². The molecule has 148 valence electrons. The smallest absolute Gasteiger partial charge is 0.302 e. The van der Waals surface area contributed by atoms with Crippen molar-refractivity contribution in [2.45, 2.75) is 13.5 Å². The molecule has 0 atom stereocenters. The van der Waals surface area contributed by atoms with Crippen LogP contribution in [0.2, 0.25) is 0 Å². The number of methoxy groups -OCH3 is 4. The van der Waals surface area contributed by atoms with Crippen LogP contribution in [0.25, 0.3) is 21.9 Å². The van der Waals surface area contributed by atoms with E-state index < -0.39 is 5.97 Å². The number of carbonyl (C=O) groups is 1. The first-order valence-corrected chi connectivity index (χ1v) is 8.35. The zero-order valence-electron chi connectivity index (χ0n) is 16.2. The third-order valence-corrected chi connectivity index (χ3v) is 4.33. The van der Waals surface area contributed by atoms with E-state index in [0.29, 0.717) is 22.3 Å². The fourth-order valence-corrected chi connectivity index (χ4v) is 3.09. The lowest BCUT2D eigenvalue weighted by molar-refractivity contribution is -0.142. The molecule has 0 N–H and O–H groups in total. The molecule has 0 spiro atoms. The Hall–Kier alpha value is -3.42. The molecule has 0 aliphatic carbocycles. The predicted octanol–water partition coefficient (Wildman–Crippen LogP) is 3.04. The Balaban J connectivity index is 2.51. The van der Waals surface area contributed by atoms with Crippen molar-refractivity contribution >= 4 is 27.9 Å². The van der Waals surface area contributed by atoms with Gasteiger partial charge in [0.25, 0.3) is 0 Å². The Morgan fingerprint density at radius 3 is 2.21 bits per heavy atom. The van der Waals surface area contributed by atoms with Crippen molar-refractivity contribution in [2.24, 2.45) is 0 Å². The van der Waals surface area contributed by atoms with Crippen LogP contribution in [0.5, 0.6) is 23.0 Å². The van der Waals surface area contributed by atoms with Gasteiger partial charge in [0, 0.05) is 13.0 Å². The third kappa shape index (κ3) is 3.06. The monoisotopic (exact) mass is 388 g/mol. The number of fused-ring (bicyclic) bond motifs is 2. The quantitative estimate of drug-likeness (QED) is 0.470. The van der Waals surface area contributed by atoms with Crippen LogP contribution < -0.4 is 24.4 Å². The van der Waals surface area contributed by atoms with E-state index in [0.717, 1.165) is 0 Å². The van der Waals surface area contributed by atoms with Gasteiger partial charge in [-0.3, -0.25) is 9.59 Å². The highest BCUT2D eigenvalue weighted by molar-refractivity contribution is 5.98. The molecule has 28 heavy (non-hydrogen) atoms. The van der Waals surface area contributed by atoms with Crippen molar-refractivity contribution in [3.63, 3.8) is 0 Å². The minimum atomic E-state index is -0.500. The molecule has 0 fully saturated rings. The van der Waals surface area contributed by atoms with Gasteiger partial charge >= 0.3 is 5.97 Å². The first kappa shape index (κ1) is 19.3. The van der Waals surface area contributed by atoms with Crippen molar-refractivity contribution in [1.82, 2.24) is 0 Å². The first-order valence-electron chi connectivity index (χ1n) is 8.35. The van der Waals surface area contributed by atoms with Crippen LogP contribution in [-0.4, -0.2) is 34.4 Å². The summed E-state index contributed by atoms with van der Waals surface area (Å²) in [7, 11) is 5.81. The maximum atomic E-state index is 13.3. The second kappa shape index (κ2) is 7.67. The van der Waals surface area contributed by atoms with Gasteiger partial charge in [-0.25, -0.2) is 0 Å². The molecular weight excluding hydrogens is 368 g/mol. The Morgan fingerprint density at radius 1 is 0.964 bits per heavy atom. The molecule has 0 amide bonds. The summed E-state index contributed by atoms with van der Waals surface area (Å²) in [4.78, 5) is 24.7. The van der Waals surface area contributed by atoms with Gasteiger partial charge < -0.3 is 28.1 Å². The van der Waals surface area contributed by atoms with Crippen molar-refractivity contribution < 1.29 is 32.9 Å². The summed E-state index contributed by atoms with van der Waals surface area (Å²) in [6.45, 7) is 1.08. The minimum absolute atomic E-state index is 0.160. The molecule has 8 heteroatoms. The highest BCUT2D eigenvalue weighted by Crippen LogP contribution is 2.46. The summed E-state index contributed by atoms with van der Waals surface area (Å²) < 4.78 is 32.7. The maximum absolute atomic E-state index is 13.3. The second-order valence-corrected chi connectivity index (χ2v) is 5.86. The summed E-state index contributed by atoms with van der Waals surface area (Å²) in [6.07, 6.45) is 0. The van der Waals surface area contributed by atoms with E-state index in [-0.39, 0.29) is 40.3 Å². The van der Waals surface area contributed by atoms with Crippen LogP contribution in [0.4, 0.5) is 0 Å². The third-order valence-electron chi connectivity index (χ3n) is 4.33. The Labute approximate surface area is 160 Å².